The van der Waals surface area contributed by atoms with Crippen molar-refractivity contribution in [3.63, 3.8) is 0 Å². The van der Waals surface area contributed by atoms with Crippen molar-refractivity contribution in [2.24, 2.45) is 4.99 Å². The Morgan fingerprint density at radius 1 is 1.40 bits per heavy atom. The third-order valence-corrected chi connectivity index (χ3v) is 5.42. The molecular formula is C17H28N4O3S. The molecule has 1 fully saturated rings. The summed E-state index contributed by atoms with van der Waals surface area (Å²) < 4.78 is 29.1. The average molecular weight is 369 g/mol. The van der Waals surface area contributed by atoms with Gasteiger partial charge in [0.1, 0.15) is 0 Å². The Morgan fingerprint density at radius 2 is 2.16 bits per heavy atom. The van der Waals surface area contributed by atoms with E-state index in [2.05, 4.69) is 27.6 Å². The Morgan fingerprint density at radius 3 is 2.76 bits per heavy atom. The number of nitrogens with zero attached hydrogens (tertiary/aromatic N) is 2. The molecule has 1 atom stereocenters. The number of hydrogen-bond acceptors (Lipinski definition) is 5. The van der Waals surface area contributed by atoms with Gasteiger partial charge in [0.05, 0.1) is 17.6 Å². The molecule has 0 bridgehead atoms. The van der Waals surface area contributed by atoms with E-state index in [1.165, 1.54) is 6.26 Å². The Labute approximate surface area is 150 Å². The lowest BCUT2D eigenvalue weighted by Gasteiger charge is -2.30. The van der Waals surface area contributed by atoms with Gasteiger partial charge in [-0.05, 0) is 31.2 Å². The van der Waals surface area contributed by atoms with Gasteiger partial charge in [0, 0.05) is 39.5 Å². The van der Waals surface area contributed by atoms with Gasteiger partial charge in [-0.2, -0.15) is 0 Å². The van der Waals surface area contributed by atoms with Crippen molar-refractivity contribution in [2.45, 2.75) is 24.5 Å². The predicted molar refractivity (Wildman–Crippen MR) is 99.7 cm³/mol. The van der Waals surface area contributed by atoms with Gasteiger partial charge in [-0.3, -0.25) is 4.99 Å². The molecule has 7 nitrogen and oxygen atoms in total. The minimum absolute atomic E-state index is 0.147. The largest absolute Gasteiger partial charge is 0.374 e. The highest BCUT2D eigenvalue weighted by Crippen LogP contribution is 2.16. The zero-order valence-corrected chi connectivity index (χ0v) is 16.2. The topological polar surface area (TPSA) is 83.0 Å². The summed E-state index contributed by atoms with van der Waals surface area (Å²) in [5.74, 6) is 0.696. The van der Waals surface area contributed by atoms with Crippen molar-refractivity contribution >= 4 is 15.8 Å². The normalized spacial score (nSPS) is 19.7. The zero-order chi connectivity index (χ0) is 18.4. The van der Waals surface area contributed by atoms with Gasteiger partial charge >= 0.3 is 0 Å². The Bertz CT molecular complexity index is 719. The molecule has 1 aliphatic heterocycles. The molecule has 1 heterocycles. The van der Waals surface area contributed by atoms with Crippen LogP contribution in [0.3, 0.4) is 0 Å². The molecule has 1 aliphatic rings. The number of sulfone groups is 1. The average Bonchev–Trinajstić information content (AvgIpc) is 2.54. The van der Waals surface area contributed by atoms with Crippen LogP contribution in [0.25, 0.3) is 0 Å². The first-order valence-corrected chi connectivity index (χ1v) is 10.2. The molecule has 1 aromatic rings. The van der Waals surface area contributed by atoms with Crippen molar-refractivity contribution < 1.29 is 13.2 Å². The molecule has 2 N–H and O–H groups in total. The van der Waals surface area contributed by atoms with Crippen molar-refractivity contribution in [3.05, 3.63) is 29.3 Å². The third kappa shape index (κ3) is 5.98. The number of aliphatic imine (C=N–C) groups is 1. The molecule has 0 spiro atoms. The second-order valence-electron chi connectivity index (χ2n) is 6.43. The van der Waals surface area contributed by atoms with Crippen molar-refractivity contribution in [1.29, 1.82) is 0 Å². The highest BCUT2D eigenvalue weighted by molar-refractivity contribution is 7.90. The second kappa shape index (κ2) is 8.64. The van der Waals surface area contributed by atoms with E-state index in [0.29, 0.717) is 23.9 Å². The summed E-state index contributed by atoms with van der Waals surface area (Å²) in [4.78, 5) is 6.84. The van der Waals surface area contributed by atoms with E-state index in [1.807, 2.05) is 19.1 Å². The second-order valence-corrected chi connectivity index (χ2v) is 8.42. The number of hydrogen-bond donors (Lipinski definition) is 2. The quantitative estimate of drug-likeness (QED) is 0.578. The first kappa shape index (κ1) is 19.7. The molecule has 0 saturated carbocycles. The van der Waals surface area contributed by atoms with Crippen LogP contribution < -0.4 is 10.6 Å². The maximum Gasteiger partial charge on any atom is 0.191 e. The first-order chi connectivity index (χ1) is 11.8. The van der Waals surface area contributed by atoms with Crippen LogP contribution in [0.4, 0.5) is 0 Å². The molecule has 0 radical (unpaired) electrons. The van der Waals surface area contributed by atoms with Crippen LogP contribution in [0.15, 0.2) is 28.1 Å². The summed E-state index contributed by atoms with van der Waals surface area (Å²) in [5.41, 5.74) is 1.75. The monoisotopic (exact) mass is 368 g/mol. The molecular weight excluding hydrogens is 340 g/mol. The van der Waals surface area contributed by atoms with Gasteiger partial charge in [0.15, 0.2) is 15.8 Å². The van der Waals surface area contributed by atoms with E-state index in [9.17, 15) is 8.42 Å². The number of guanidine groups is 1. The number of morpholine rings is 1. The zero-order valence-electron chi connectivity index (χ0n) is 15.4. The lowest BCUT2D eigenvalue weighted by atomic mass is 10.1. The van der Waals surface area contributed by atoms with Crippen LogP contribution in [0.1, 0.15) is 11.1 Å². The van der Waals surface area contributed by atoms with Crippen LogP contribution in [0.5, 0.6) is 0 Å². The Kier molecular flexibility index (Phi) is 6.80. The molecule has 1 unspecified atom stereocenters. The molecule has 1 aromatic carbocycles. The number of rotatable bonds is 5. The highest BCUT2D eigenvalue weighted by atomic mass is 32.2. The van der Waals surface area contributed by atoms with Crippen LogP contribution in [0, 0.1) is 6.92 Å². The standard InChI is InChI=1S/C17H28N4O3S/c1-13-9-14(5-6-16(13)25(4,22)23)10-19-17(18-2)20-11-15-12-21(3)7-8-24-15/h5-6,9,15H,7-8,10-12H2,1-4H3,(H2,18,19,20). The van der Waals surface area contributed by atoms with Crippen LogP contribution in [-0.2, 0) is 21.1 Å². The van der Waals surface area contributed by atoms with Gasteiger partial charge < -0.3 is 20.3 Å². The molecule has 140 valence electrons. The summed E-state index contributed by atoms with van der Waals surface area (Å²) in [6.07, 6.45) is 1.37. The van der Waals surface area contributed by atoms with Crippen LogP contribution in [0.2, 0.25) is 0 Å². The third-order valence-electron chi connectivity index (χ3n) is 4.16. The van der Waals surface area contributed by atoms with Crippen LogP contribution in [-0.4, -0.2) is 72.0 Å². The van der Waals surface area contributed by atoms with Crippen molar-refractivity contribution in [3.8, 4) is 0 Å². The highest BCUT2D eigenvalue weighted by Gasteiger charge is 2.17. The molecule has 0 amide bonds. The van der Waals surface area contributed by atoms with Crippen molar-refractivity contribution in [2.75, 3.05) is 46.6 Å². The summed E-state index contributed by atoms with van der Waals surface area (Å²) >= 11 is 0. The smallest absolute Gasteiger partial charge is 0.191 e. The molecule has 0 aromatic heterocycles. The SMILES string of the molecule is CN=C(NCc1ccc(S(C)(=O)=O)c(C)c1)NCC1CN(C)CCO1. The molecule has 2 rings (SSSR count). The number of benzene rings is 1. The minimum atomic E-state index is -3.19. The summed E-state index contributed by atoms with van der Waals surface area (Å²) in [5, 5.41) is 6.51. The van der Waals surface area contributed by atoms with Gasteiger partial charge in [-0.1, -0.05) is 12.1 Å². The van der Waals surface area contributed by atoms with Gasteiger partial charge in [0.2, 0.25) is 0 Å². The van der Waals surface area contributed by atoms with Gasteiger partial charge in [-0.15, -0.1) is 0 Å². The fourth-order valence-electron chi connectivity index (χ4n) is 2.84. The maximum atomic E-state index is 11.7. The number of ether oxygens (including phenoxy) is 1. The number of likely N-dealkylation sites (N-methyl/N-ethyl adjacent to an activating group) is 1. The van der Waals surface area contributed by atoms with E-state index in [-0.39, 0.29) is 6.10 Å². The Hall–Kier alpha value is -1.64. The summed E-state index contributed by atoms with van der Waals surface area (Å²) in [6.45, 7) is 5.68. The molecule has 25 heavy (non-hydrogen) atoms. The molecule has 1 saturated heterocycles. The molecule has 0 aliphatic carbocycles. The van der Waals surface area contributed by atoms with Crippen molar-refractivity contribution in [1.82, 2.24) is 15.5 Å². The fraction of sp³-hybridized carbons (Fsp3) is 0.588. The van der Waals surface area contributed by atoms with E-state index >= 15 is 0 Å². The number of nitrogens with one attached hydrogen (secondary N) is 2. The van der Waals surface area contributed by atoms with E-state index in [0.717, 1.165) is 30.8 Å². The number of aryl methyl sites for hydroxylation is 1. The van der Waals surface area contributed by atoms with Crippen LogP contribution >= 0.6 is 0 Å². The molecule has 8 heteroatoms. The summed E-state index contributed by atoms with van der Waals surface area (Å²) in [6, 6.07) is 5.36. The van der Waals surface area contributed by atoms with E-state index < -0.39 is 9.84 Å². The van der Waals surface area contributed by atoms with Gasteiger partial charge in [0.25, 0.3) is 0 Å². The van der Waals surface area contributed by atoms with E-state index in [4.69, 9.17) is 4.74 Å². The fourth-order valence-corrected chi connectivity index (χ4v) is 3.80. The maximum absolute atomic E-state index is 11.7. The first-order valence-electron chi connectivity index (χ1n) is 8.34. The lowest BCUT2D eigenvalue weighted by molar-refractivity contribution is -0.0161. The lowest BCUT2D eigenvalue weighted by Crippen LogP contribution is -2.48. The Balaban J connectivity index is 1.87. The van der Waals surface area contributed by atoms with Gasteiger partial charge in [-0.25, -0.2) is 8.42 Å². The minimum Gasteiger partial charge on any atom is -0.374 e. The predicted octanol–water partition coefficient (Wildman–Crippen LogP) is 0.394. The summed E-state index contributed by atoms with van der Waals surface area (Å²) in [7, 11) is 0.626. The van der Waals surface area contributed by atoms with E-state index in [1.54, 1.807) is 13.1 Å².